The SMILES string of the molecule is CCCc1c(OCCCOc2cc(O)c(-c3ccc(F)cc3)cc2CC)ccc2c1OC(C(=O)NCCC(=O)OCCNC(=O)c1ccc(N)nc1)CC2. The standard InChI is InChI=1S/C41H47FN4O8/c1-3-6-31-34(51-20-5-21-52-36-24-33(47)32(23-26(36)4-2)27-7-12-30(42)13-8-27)14-9-28-10-15-35(54-39(28)31)41(50)44-18-17-38(48)53-22-19-45-40(49)29-11-16-37(43)46-25-29/h7-9,11-14,16,23-25,35,47H,3-6,10,15,17-22H2,1-2H3,(H2,43,46)(H,44,50)(H,45,49). The van der Waals surface area contributed by atoms with E-state index in [1.807, 2.05) is 25.1 Å². The third-order valence-corrected chi connectivity index (χ3v) is 8.87. The Kier molecular flexibility index (Phi) is 14.1. The first kappa shape index (κ1) is 39.4. The number of nitrogens with two attached hydrogens (primary N) is 1. The second-order valence-corrected chi connectivity index (χ2v) is 12.8. The summed E-state index contributed by atoms with van der Waals surface area (Å²) in [7, 11) is 0. The van der Waals surface area contributed by atoms with Gasteiger partial charge in [-0.1, -0.05) is 38.5 Å². The highest BCUT2D eigenvalue weighted by Crippen LogP contribution is 2.39. The number of aromatic nitrogens is 1. The molecule has 2 amide bonds. The molecule has 0 spiro atoms. The fraction of sp³-hybridized carbons (Fsp3) is 0.366. The predicted octanol–water partition coefficient (Wildman–Crippen LogP) is 5.71. The molecule has 286 valence electrons. The molecule has 0 fully saturated rings. The Bertz CT molecular complexity index is 1900. The number of rotatable bonds is 18. The van der Waals surface area contributed by atoms with Crippen LogP contribution >= 0.6 is 0 Å². The lowest BCUT2D eigenvalue weighted by molar-refractivity contribution is -0.143. The van der Waals surface area contributed by atoms with Gasteiger partial charge in [-0.05, 0) is 78.8 Å². The lowest BCUT2D eigenvalue weighted by Crippen LogP contribution is -2.41. The Morgan fingerprint density at radius 2 is 1.74 bits per heavy atom. The highest BCUT2D eigenvalue weighted by Gasteiger charge is 2.29. The van der Waals surface area contributed by atoms with Crippen molar-refractivity contribution >= 4 is 23.6 Å². The molecule has 0 aliphatic carbocycles. The Morgan fingerprint density at radius 1 is 0.963 bits per heavy atom. The van der Waals surface area contributed by atoms with Crippen LogP contribution in [0.3, 0.4) is 0 Å². The van der Waals surface area contributed by atoms with Crippen molar-refractivity contribution in [1.82, 2.24) is 15.6 Å². The van der Waals surface area contributed by atoms with Crippen LogP contribution in [0, 0.1) is 5.82 Å². The number of benzene rings is 3. The molecule has 12 nitrogen and oxygen atoms in total. The number of aryl methyl sites for hydroxylation is 2. The highest BCUT2D eigenvalue weighted by molar-refractivity contribution is 5.94. The maximum Gasteiger partial charge on any atom is 0.307 e. The van der Waals surface area contributed by atoms with Gasteiger partial charge < -0.3 is 40.4 Å². The van der Waals surface area contributed by atoms with Crippen LogP contribution in [-0.4, -0.2) is 66.9 Å². The number of carbonyl (C=O) groups excluding carboxylic acids is 3. The van der Waals surface area contributed by atoms with E-state index in [0.29, 0.717) is 79.5 Å². The van der Waals surface area contributed by atoms with Crippen LogP contribution in [0.2, 0.25) is 0 Å². The average Bonchev–Trinajstić information content (AvgIpc) is 3.17. The molecule has 1 aliphatic heterocycles. The van der Waals surface area contributed by atoms with Crippen molar-refractivity contribution in [3.63, 3.8) is 0 Å². The largest absolute Gasteiger partial charge is 0.507 e. The first-order valence-electron chi connectivity index (χ1n) is 18.3. The van der Waals surface area contributed by atoms with E-state index in [4.69, 9.17) is 24.7 Å². The molecule has 0 saturated carbocycles. The Hall–Kier alpha value is -5.85. The molecule has 13 heteroatoms. The molecule has 1 aliphatic rings. The number of hydrogen-bond donors (Lipinski definition) is 4. The van der Waals surface area contributed by atoms with Gasteiger partial charge in [-0.3, -0.25) is 14.4 Å². The number of carbonyl (C=O) groups is 3. The minimum Gasteiger partial charge on any atom is -0.507 e. The summed E-state index contributed by atoms with van der Waals surface area (Å²) in [5.74, 6) is 0.794. The second kappa shape index (κ2) is 19.3. The van der Waals surface area contributed by atoms with Gasteiger partial charge in [0, 0.05) is 36.4 Å². The molecule has 3 aromatic carbocycles. The van der Waals surface area contributed by atoms with Crippen LogP contribution in [0.25, 0.3) is 11.1 Å². The van der Waals surface area contributed by atoms with E-state index in [1.165, 1.54) is 24.4 Å². The first-order chi connectivity index (χ1) is 26.2. The number of aromatic hydroxyl groups is 1. The van der Waals surface area contributed by atoms with Crippen molar-refractivity contribution in [3.8, 4) is 34.1 Å². The maximum absolute atomic E-state index is 13.4. The van der Waals surface area contributed by atoms with E-state index in [1.54, 1.807) is 24.3 Å². The lowest BCUT2D eigenvalue weighted by Gasteiger charge is -2.28. The molecular formula is C41H47FN4O8. The van der Waals surface area contributed by atoms with E-state index in [2.05, 4.69) is 22.5 Å². The van der Waals surface area contributed by atoms with E-state index in [-0.39, 0.29) is 49.5 Å². The second-order valence-electron chi connectivity index (χ2n) is 12.8. The van der Waals surface area contributed by atoms with Gasteiger partial charge in [-0.15, -0.1) is 0 Å². The number of phenols is 1. The number of halogens is 1. The topological polar surface area (TPSA) is 171 Å². The van der Waals surface area contributed by atoms with Crippen molar-refractivity contribution in [3.05, 3.63) is 94.9 Å². The summed E-state index contributed by atoms with van der Waals surface area (Å²) in [4.78, 5) is 41.2. The van der Waals surface area contributed by atoms with E-state index < -0.39 is 12.1 Å². The molecule has 5 rings (SSSR count). The van der Waals surface area contributed by atoms with Crippen LogP contribution in [-0.2, 0) is 33.6 Å². The summed E-state index contributed by atoms with van der Waals surface area (Å²) in [6, 6.07) is 16.5. The molecule has 2 heterocycles. The van der Waals surface area contributed by atoms with Gasteiger partial charge in [0.2, 0.25) is 0 Å². The summed E-state index contributed by atoms with van der Waals surface area (Å²) in [6.45, 7) is 5.00. The molecule has 5 N–H and O–H groups in total. The summed E-state index contributed by atoms with van der Waals surface area (Å²) in [5, 5.41) is 16.1. The minimum atomic E-state index is -0.718. The Morgan fingerprint density at radius 3 is 2.46 bits per heavy atom. The third kappa shape index (κ3) is 10.6. The summed E-state index contributed by atoms with van der Waals surface area (Å²) >= 11 is 0. The van der Waals surface area contributed by atoms with E-state index in [0.717, 1.165) is 28.7 Å². The number of ether oxygens (including phenoxy) is 4. The van der Waals surface area contributed by atoms with Crippen LogP contribution in [0.5, 0.6) is 23.0 Å². The van der Waals surface area contributed by atoms with Gasteiger partial charge in [0.15, 0.2) is 6.10 Å². The van der Waals surface area contributed by atoms with Gasteiger partial charge in [-0.25, -0.2) is 9.37 Å². The maximum atomic E-state index is 13.4. The number of nitrogens with zero attached hydrogens (tertiary/aromatic N) is 1. The smallest absolute Gasteiger partial charge is 0.307 e. The number of esters is 1. The lowest BCUT2D eigenvalue weighted by atomic mass is 9.96. The number of pyridine rings is 1. The van der Waals surface area contributed by atoms with Gasteiger partial charge >= 0.3 is 5.97 Å². The number of fused-ring (bicyclic) bond motifs is 1. The Balaban J connectivity index is 1.06. The molecule has 0 bridgehead atoms. The average molecular weight is 743 g/mol. The summed E-state index contributed by atoms with van der Waals surface area (Å²) < 4.78 is 37.1. The zero-order valence-electron chi connectivity index (χ0n) is 30.6. The van der Waals surface area contributed by atoms with Crippen LogP contribution in [0.15, 0.2) is 66.9 Å². The van der Waals surface area contributed by atoms with Gasteiger partial charge in [0.1, 0.15) is 41.2 Å². The summed E-state index contributed by atoms with van der Waals surface area (Å²) in [5.41, 5.74) is 10.1. The highest BCUT2D eigenvalue weighted by atomic mass is 19.1. The van der Waals surface area contributed by atoms with Crippen molar-refractivity contribution < 1.29 is 42.8 Å². The summed E-state index contributed by atoms with van der Waals surface area (Å²) in [6.07, 6.45) is 4.58. The van der Waals surface area contributed by atoms with E-state index >= 15 is 0 Å². The van der Waals surface area contributed by atoms with Crippen LogP contribution in [0.4, 0.5) is 10.2 Å². The number of phenolic OH excluding ortho intramolecular Hbond substituents is 1. The van der Waals surface area contributed by atoms with Gasteiger partial charge in [0.05, 0.1) is 31.7 Å². The van der Waals surface area contributed by atoms with Crippen molar-refractivity contribution in [2.24, 2.45) is 0 Å². The normalized spacial score (nSPS) is 13.3. The molecule has 0 radical (unpaired) electrons. The molecule has 1 aromatic heterocycles. The zero-order valence-corrected chi connectivity index (χ0v) is 30.6. The molecule has 54 heavy (non-hydrogen) atoms. The third-order valence-electron chi connectivity index (χ3n) is 8.87. The molecule has 1 atom stereocenters. The number of anilines is 1. The Labute approximate surface area is 314 Å². The van der Waals surface area contributed by atoms with Crippen molar-refractivity contribution in [2.45, 2.75) is 64.9 Å². The quantitative estimate of drug-likeness (QED) is 0.0731. The van der Waals surface area contributed by atoms with Crippen LogP contribution in [0.1, 0.15) is 66.6 Å². The fourth-order valence-corrected chi connectivity index (χ4v) is 6.05. The van der Waals surface area contributed by atoms with E-state index in [9.17, 15) is 23.9 Å². The number of hydrogen-bond acceptors (Lipinski definition) is 10. The van der Waals surface area contributed by atoms with Gasteiger partial charge in [0.25, 0.3) is 11.8 Å². The number of amides is 2. The monoisotopic (exact) mass is 742 g/mol. The molecule has 0 saturated heterocycles. The molecular weight excluding hydrogens is 695 g/mol. The van der Waals surface area contributed by atoms with Crippen molar-refractivity contribution in [1.29, 1.82) is 0 Å². The molecule has 1 unspecified atom stereocenters. The predicted molar refractivity (Wildman–Crippen MR) is 201 cm³/mol. The van der Waals surface area contributed by atoms with Gasteiger partial charge in [-0.2, -0.15) is 0 Å². The fourth-order valence-electron chi connectivity index (χ4n) is 6.05. The van der Waals surface area contributed by atoms with Crippen molar-refractivity contribution in [2.75, 3.05) is 38.6 Å². The first-order valence-corrected chi connectivity index (χ1v) is 18.3. The number of nitrogen functional groups attached to an aromatic ring is 1. The minimum absolute atomic E-state index is 0.0146. The van der Waals surface area contributed by atoms with Crippen LogP contribution < -0.4 is 30.6 Å². The number of nitrogens with one attached hydrogen (secondary N) is 2. The molecule has 4 aromatic rings. The zero-order chi connectivity index (χ0) is 38.5.